The fourth-order valence-electron chi connectivity index (χ4n) is 2.93. The Morgan fingerprint density at radius 3 is 2.36 bits per heavy atom. The molecular weight excluding hydrogens is 272 g/mol. The highest BCUT2D eigenvalue weighted by Crippen LogP contribution is 2.25. The average molecular weight is 295 g/mol. The first-order chi connectivity index (χ1) is 10.8. The fourth-order valence-corrected chi connectivity index (χ4v) is 2.93. The van der Waals surface area contributed by atoms with Crippen LogP contribution in [0.25, 0.3) is 6.08 Å². The zero-order valence-corrected chi connectivity index (χ0v) is 12.8. The predicted octanol–water partition coefficient (Wildman–Crippen LogP) is 1.81. The number of rotatable bonds is 4. The van der Waals surface area contributed by atoms with Crippen LogP contribution >= 0.6 is 0 Å². The molecule has 0 saturated carbocycles. The van der Waals surface area contributed by atoms with Gasteiger partial charge in [-0.25, -0.2) is 0 Å². The van der Waals surface area contributed by atoms with Gasteiger partial charge in [0, 0.05) is 0 Å². The van der Waals surface area contributed by atoms with Gasteiger partial charge in [-0.15, -0.1) is 0 Å². The highest BCUT2D eigenvalue weighted by molar-refractivity contribution is 5.57. The van der Waals surface area contributed by atoms with E-state index in [0.717, 1.165) is 38.4 Å². The number of piperazine rings is 1. The minimum Gasteiger partial charge on any atom is -0.506 e. The van der Waals surface area contributed by atoms with Gasteiger partial charge in [-0.1, -0.05) is 48.5 Å². The Hall–Kier alpha value is -2.26. The van der Waals surface area contributed by atoms with E-state index in [2.05, 4.69) is 41.3 Å². The highest BCUT2D eigenvalue weighted by Gasteiger charge is 2.20. The Bertz CT molecular complexity index is 616. The monoisotopic (exact) mass is 295 g/mol. The smallest absolute Gasteiger partial charge is 0.138 e. The fraction of sp³-hybridized carbons (Fsp3) is 0.263. The molecule has 1 aliphatic rings. The molecule has 0 aliphatic carbocycles. The lowest BCUT2D eigenvalue weighted by Crippen LogP contribution is -3.14. The van der Waals surface area contributed by atoms with Crippen molar-refractivity contribution in [3.63, 3.8) is 0 Å². The van der Waals surface area contributed by atoms with E-state index in [0.29, 0.717) is 5.75 Å². The maximum Gasteiger partial charge on any atom is 0.138 e. The van der Waals surface area contributed by atoms with Gasteiger partial charge in [-0.3, -0.25) is 0 Å². The first-order valence-electron chi connectivity index (χ1n) is 7.91. The van der Waals surface area contributed by atoms with E-state index in [1.54, 1.807) is 11.0 Å². The topological polar surface area (TPSA) is 27.9 Å². The van der Waals surface area contributed by atoms with Crippen LogP contribution in [0, 0.1) is 0 Å². The molecule has 3 nitrogen and oxygen atoms in total. The number of anilines is 1. The molecule has 0 spiro atoms. The molecule has 3 rings (SSSR count). The number of hydrogen-bond acceptors (Lipinski definition) is 2. The number of quaternary nitrogens is 1. The van der Waals surface area contributed by atoms with Crippen LogP contribution in [0.1, 0.15) is 5.56 Å². The lowest BCUT2D eigenvalue weighted by atomic mass is 10.2. The molecule has 0 amide bonds. The maximum absolute atomic E-state index is 9.94. The van der Waals surface area contributed by atoms with Gasteiger partial charge in [0.2, 0.25) is 0 Å². The van der Waals surface area contributed by atoms with Crippen LogP contribution < -0.4 is 9.80 Å². The van der Waals surface area contributed by atoms with Crippen LogP contribution in [0.5, 0.6) is 5.75 Å². The lowest BCUT2D eigenvalue weighted by Gasteiger charge is -2.33. The van der Waals surface area contributed by atoms with Crippen molar-refractivity contribution in [2.75, 3.05) is 37.6 Å². The molecule has 0 bridgehead atoms. The van der Waals surface area contributed by atoms with Crippen LogP contribution in [0.15, 0.2) is 60.7 Å². The zero-order chi connectivity index (χ0) is 15.2. The lowest BCUT2D eigenvalue weighted by molar-refractivity contribution is -0.894. The Morgan fingerprint density at radius 2 is 1.64 bits per heavy atom. The van der Waals surface area contributed by atoms with Gasteiger partial charge in [-0.2, -0.15) is 0 Å². The third kappa shape index (κ3) is 3.68. The molecule has 1 fully saturated rings. The van der Waals surface area contributed by atoms with Crippen LogP contribution in [0.2, 0.25) is 0 Å². The summed E-state index contributed by atoms with van der Waals surface area (Å²) in [5.41, 5.74) is 2.22. The second-order valence-corrected chi connectivity index (χ2v) is 5.74. The van der Waals surface area contributed by atoms with Gasteiger partial charge < -0.3 is 14.9 Å². The van der Waals surface area contributed by atoms with Crippen LogP contribution in [-0.2, 0) is 0 Å². The molecule has 0 atom stereocenters. The van der Waals surface area contributed by atoms with Crippen LogP contribution in [0.4, 0.5) is 5.69 Å². The Balaban J connectivity index is 1.50. The summed E-state index contributed by atoms with van der Waals surface area (Å²) >= 11 is 0. The molecule has 1 aliphatic heterocycles. The SMILES string of the molecule is Oc1ccccc1N1CC[NH+](C/C=C/c2ccccc2)CC1. The van der Waals surface area contributed by atoms with Crippen molar-refractivity contribution in [2.45, 2.75) is 0 Å². The molecule has 2 aromatic rings. The summed E-state index contributed by atoms with van der Waals surface area (Å²) < 4.78 is 0. The first kappa shape index (κ1) is 14.7. The average Bonchev–Trinajstić information content (AvgIpc) is 2.57. The summed E-state index contributed by atoms with van der Waals surface area (Å²) in [7, 11) is 0. The van der Waals surface area contributed by atoms with Gasteiger partial charge in [0.1, 0.15) is 5.75 Å². The Kier molecular flexibility index (Phi) is 4.76. The van der Waals surface area contributed by atoms with Crippen molar-refractivity contribution < 1.29 is 10.0 Å². The van der Waals surface area contributed by atoms with Crippen molar-refractivity contribution in [2.24, 2.45) is 0 Å². The van der Waals surface area contributed by atoms with Crippen molar-refractivity contribution in [3.05, 3.63) is 66.2 Å². The van der Waals surface area contributed by atoms with E-state index >= 15 is 0 Å². The van der Waals surface area contributed by atoms with E-state index in [1.165, 1.54) is 5.56 Å². The van der Waals surface area contributed by atoms with E-state index < -0.39 is 0 Å². The minimum absolute atomic E-state index is 0.384. The molecule has 0 radical (unpaired) electrons. The second-order valence-electron chi connectivity index (χ2n) is 5.74. The van der Waals surface area contributed by atoms with Gasteiger partial charge in [0.15, 0.2) is 0 Å². The summed E-state index contributed by atoms with van der Waals surface area (Å²) in [5.74, 6) is 0.384. The summed E-state index contributed by atoms with van der Waals surface area (Å²) in [6.07, 6.45) is 4.46. The zero-order valence-electron chi connectivity index (χ0n) is 12.8. The normalized spacial score (nSPS) is 16.3. The molecule has 114 valence electrons. The van der Waals surface area contributed by atoms with Crippen molar-refractivity contribution in [3.8, 4) is 5.75 Å². The largest absolute Gasteiger partial charge is 0.506 e. The number of hydrogen-bond donors (Lipinski definition) is 2. The van der Waals surface area contributed by atoms with Gasteiger partial charge >= 0.3 is 0 Å². The number of nitrogens with one attached hydrogen (secondary N) is 1. The molecule has 3 heteroatoms. The molecule has 1 saturated heterocycles. The van der Waals surface area contributed by atoms with E-state index in [4.69, 9.17) is 0 Å². The third-order valence-corrected chi connectivity index (χ3v) is 4.21. The standard InChI is InChI=1S/C19H22N2O/c22-19-11-5-4-10-18(19)21-15-13-20(14-16-21)12-6-9-17-7-2-1-3-8-17/h1-11,22H,12-16H2/p+1/b9-6+. The highest BCUT2D eigenvalue weighted by atomic mass is 16.3. The number of nitrogens with zero attached hydrogens (tertiary/aromatic N) is 1. The maximum atomic E-state index is 9.94. The van der Waals surface area contributed by atoms with Crippen molar-refractivity contribution in [1.29, 1.82) is 0 Å². The van der Waals surface area contributed by atoms with Gasteiger partial charge in [0.25, 0.3) is 0 Å². The molecule has 22 heavy (non-hydrogen) atoms. The molecular formula is C19H23N2O+. The van der Waals surface area contributed by atoms with Crippen LogP contribution in [0.3, 0.4) is 0 Å². The molecule has 0 unspecified atom stereocenters. The van der Waals surface area contributed by atoms with E-state index in [-0.39, 0.29) is 0 Å². The van der Waals surface area contributed by atoms with Crippen molar-refractivity contribution in [1.82, 2.24) is 0 Å². The molecule has 0 aromatic heterocycles. The number of benzene rings is 2. The molecule has 2 N–H and O–H groups in total. The van der Waals surface area contributed by atoms with Crippen LogP contribution in [-0.4, -0.2) is 37.8 Å². The molecule has 2 aromatic carbocycles. The third-order valence-electron chi connectivity index (χ3n) is 4.21. The Morgan fingerprint density at radius 1 is 0.955 bits per heavy atom. The van der Waals surface area contributed by atoms with Gasteiger partial charge in [0.05, 0.1) is 38.4 Å². The first-order valence-corrected chi connectivity index (χ1v) is 7.91. The summed E-state index contributed by atoms with van der Waals surface area (Å²) in [4.78, 5) is 3.87. The molecule has 1 heterocycles. The number of phenolic OH excluding ortho intramolecular Hbond substituents is 1. The summed E-state index contributed by atoms with van der Waals surface area (Å²) in [5, 5.41) is 9.94. The second kappa shape index (κ2) is 7.14. The van der Waals surface area contributed by atoms with E-state index in [1.807, 2.05) is 24.3 Å². The van der Waals surface area contributed by atoms with Gasteiger partial charge in [-0.05, 0) is 23.8 Å². The quantitative estimate of drug-likeness (QED) is 0.900. The number of aromatic hydroxyl groups is 1. The number of para-hydroxylation sites is 2. The summed E-state index contributed by atoms with van der Waals surface area (Å²) in [6, 6.07) is 18.0. The Labute approximate surface area is 132 Å². The van der Waals surface area contributed by atoms with Crippen molar-refractivity contribution >= 4 is 11.8 Å². The summed E-state index contributed by atoms with van der Waals surface area (Å²) in [6.45, 7) is 5.25. The predicted molar refractivity (Wildman–Crippen MR) is 91.4 cm³/mol. The van der Waals surface area contributed by atoms with E-state index in [9.17, 15) is 5.11 Å². The number of phenols is 1. The minimum atomic E-state index is 0.384.